The number of aromatic nitrogens is 1. The molecule has 0 radical (unpaired) electrons. The van der Waals surface area contributed by atoms with E-state index in [1.165, 1.54) is 6.20 Å². The van der Waals surface area contributed by atoms with Gasteiger partial charge in [0.15, 0.2) is 11.5 Å². The fourth-order valence-electron chi connectivity index (χ4n) is 1.43. The summed E-state index contributed by atoms with van der Waals surface area (Å²) in [7, 11) is 0. The number of benzene rings is 1. The first-order valence-corrected chi connectivity index (χ1v) is 5.48. The smallest absolute Gasteiger partial charge is 0.273 e. The Morgan fingerprint density at radius 3 is 2.89 bits per heavy atom. The minimum atomic E-state index is -0.293. The Labute approximate surface area is 104 Å². The van der Waals surface area contributed by atoms with Crippen LogP contribution in [-0.4, -0.2) is 17.6 Å². The first-order chi connectivity index (χ1) is 8.81. The molecule has 0 aliphatic heterocycles. The normalized spacial score (nSPS) is 10.7. The summed E-state index contributed by atoms with van der Waals surface area (Å²) in [5.74, 6) is 0.272. The van der Waals surface area contributed by atoms with Crippen LogP contribution in [0.2, 0.25) is 0 Å². The third-order valence-corrected chi connectivity index (χ3v) is 2.32. The first-order valence-electron chi connectivity index (χ1n) is 5.48. The molecule has 0 spiro atoms. The second-order valence-electron chi connectivity index (χ2n) is 3.58. The van der Waals surface area contributed by atoms with Crippen molar-refractivity contribution < 1.29 is 9.32 Å². The van der Waals surface area contributed by atoms with Gasteiger partial charge in [-0.15, -0.1) is 0 Å². The molecular weight excluding hydrogens is 230 g/mol. The van der Waals surface area contributed by atoms with Crippen LogP contribution in [0.4, 0.5) is 0 Å². The quantitative estimate of drug-likeness (QED) is 0.853. The Kier molecular flexibility index (Phi) is 3.76. The van der Waals surface area contributed by atoms with Crippen LogP contribution >= 0.6 is 0 Å². The lowest BCUT2D eigenvalue weighted by atomic mass is 10.1. The van der Waals surface area contributed by atoms with Gasteiger partial charge in [0.05, 0.1) is 0 Å². The van der Waals surface area contributed by atoms with E-state index in [0.29, 0.717) is 12.3 Å². The van der Waals surface area contributed by atoms with E-state index in [4.69, 9.17) is 10.3 Å². The van der Waals surface area contributed by atoms with E-state index in [-0.39, 0.29) is 11.6 Å². The molecule has 0 saturated heterocycles. The molecule has 0 aliphatic carbocycles. The minimum Gasteiger partial charge on any atom is -0.405 e. The maximum absolute atomic E-state index is 11.7. The first kappa shape index (κ1) is 11.9. The molecule has 18 heavy (non-hydrogen) atoms. The molecule has 1 amide bonds. The van der Waals surface area contributed by atoms with Crippen LogP contribution in [0.1, 0.15) is 10.5 Å². The summed E-state index contributed by atoms with van der Waals surface area (Å²) in [4.78, 5) is 11.7. The van der Waals surface area contributed by atoms with E-state index in [2.05, 4.69) is 10.5 Å². The van der Waals surface area contributed by atoms with Crippen molar-refractivity contribution >= 4 is 5.91 Å². The highest BCUT2D eigenvalue weighted by molar-refractivity contribution is 5.93. The Morgan fingerprint density at radius 1 is 1.39 bits per heavy atom. The Hall–Kier alpha value is -2.56. The number of carbonyl (C=O) groups excluding carboxylic acids is 1. The van der Waals surface area contributed by atoms with Crippen molar-refractivity contribution in [1.82, 2.24) is 10.5 Å². The number of amides is 1. The van der Waals surface area contributed by atoms with Crippen molar-refractivity contribution in [3.8, 4) is 11.3 Å². The number of rotatable bonds is 4. The van der Waals surface area contributed by atoms with E-state index in [1.54, 1.807) is 12.1 Å². The minimum absolute atomic E-state index is 0.249. The zero-order chi connectivity index (χ0) is 12.8. The van der Waals surface area contributed by atoms with Gasteiger partial charge in [-0.2, -0.15) is 0 Å². The largest absolute Gasteiger partial charge is 0.405 e. The second kappa shape index (κ2) is 5.67. The summed E-state index contributed by atoms with van der Waals surface area (Å²) in [6, 6.07) is 11.1. The molecule has 0 atom stereocenters. The fraction of sp³-hybridized carbons (Fsp3) is 0.0769. The van der Waals surface area contributed by atoms with Crippen molar-refractivity contribution in [2.45, 2.75) is 0 Å². The molecule has 0 fully saturated rings. The van der Waals surface area contributed by atoms with Gasteiger partial charge in [-0.1, -0.05) is 35.5 Å². The van der Waals surface area contributed by atoms with Crippen molar-refractivity contribution in [2.75, 3.05) is 6.54 Å². The number of nitrogens with zero attached hydrogens (tertiary/aromatic N) is 1. The highest BCUT2D eigenvalue weighted by atomic mass is 16.5. The van der Waals surface area contributed by atoms with E-state index in [1.807, 2.05) is 30.3 Å². The van der Waals surface area contributed by atoms with Crippen LogP contribution in [0.3, 0.4) is 0 Å². The van der Waals surface area contributed by atoms with Crippen LogP contribution in [-0.2, 0) is 0 Å². The lowest BCUT2D eigenvalue weighted by Gasteiger charge is -1.96. The van der Waals surface area contributed by atoms with Gasteiger partial charge in [0, 0.05) is 18.2 Å². The molecule has 5 nitrogen and oxygen atoms in total. The summed E-state index contributed by atoms with van der Waals surface area (Å²) in [5, 5.41) is 6.37. The average molecular weight is 243 g/mol. The summed E-state index contributed by atoms with van der Waals surface area (Å²) in [6.07, 6.45) is 3.01. The fourth-order valence-corrected chi connectivity index (χ4v) is 1.43. The molecule has 5 heteroatoms. The summed E-state index contributed by atoms with van der Waals surface area (Å²) in [6.45, 7) is 0.364. The summed E-state index contributed by atoms with van der Waals surface area (Å²) >= 11 is 0. The maximum Gasteiger partial charge on any atom is 0.273 e. The van der Waals surface area contributed by atoms with Crippen LogP contribution in [0.5, 0.6) is 0 Å². The average Bonchev–Trinajstić information content (AvgIpc) is 2.89. The number of nitrogens with two attached hydrogens (primary N) is 1. The Morgan fingerprint density at radius 2 is 2.17 bits per heavy atom. The topological polar surface area (TPSA) is 81.1 Å². The van der Waals surface area contributed by atoms with Gasteiger partial charge >= 0.3 is 0 Å². The summed E-state index contributed by atoms with van der Waals surface area (Å²) in [5.41, 5.74) is 6.30. The van der Waals surface area contributed by atoms with E-state index in [9.17, 15) is 4.79 Å². The van der Waals surface area contributed by atoms with Crippen molar-refractivity contribution in [1.29, 1.82) is 0 Å². The highest BCUT2D eigenvalue weighted by Gasteiger charge is 2.12. The highest BCUT2D eigenvalue weighted by Crippen LogP contribution is 2.19. The number of hydrogen-bond donors (Lipinski definition) is 2. The maximum atomic E-state index is 11.7. The van der Waals surface area contributed by atoms with Gasteiger partial charge in [-0.3, -0.25) is 4.79 Å². The summed E-state index contributed by atoms with van der Waals surface area (Å²) < 4.78 is 5.12. The van der Waals surface area contributed by atoms with E-state index < -0.39 is 0 Å². The van der Waals surface area contributed by atoms with Gasteiger partial charge < -0.3 is 15.6 Å². The molecule has 1 aromatic carbocycles. The van der Waals surface area contributed by atoms with Crippen molar-refractivity contribution in [3.05, 3.63) is 54.4 Å². The molecule has 3 N–H and O–H groups in total. The number of carbonyl (C=O) groups is 1. The predicted molar refractivity (Wildman–Crippen MR) is 67.6 cm³/mol. The van der Waals surface area contributed by atoms with Crippen LogP contribution in [0, 0.1) is 0 Å². The third-order valence-electron chi connectivity index (χ3n) is 2.32. The van der Waals surface area contributed by atoms with Crippen molar-refractivity contribution in [3.63, 3.8) is 0 Å². The molecule has 2 rings (SSSR count). The number of nitrogens with one attached hydrogen (secondary N) is 1. The zero-order valence-electron chi connectivity index (χ0n) is 9.67. The lowest BCUT2D eigenvalue weighted by molar-refractivity contribution is 0.0949. The van der Waals surface area contributed by atoms with Gasteiger partial charge in [0.2, 0.25) is 0 Å². The van der Waals surface area contributed by atoms with E-state index in [0.717, 1.165) is 5.56 Å². The SMILES string of the molecule is NC=CCNC(=O)c1cc(-c2ccccc2)on1. The standard InChI is InChI=1S/C13H13N3O2/c14-7-4-8-15-13(17)11-9-12(18-16-11)10-5-2-1-3-6-10/h1-7,9H,8,14H2,(H,15,17). The molecule has 0 unspecified atom stereocenters. The number of hydrogen-bond acceptors (Lipinski definition) is 4. The Bertz CT molecular complexity index is 546. The molecule has 1 aromatic heterocycles. The zero-order valence-corrected chi connectivity index (χ0v) is 9.67. The second-order valence-corrected chi connectivity index (χ2v) is 3.58. The van der Waals surface area contributed by atoms with Gasteiger partial charge in [0.25, 0.3) is 5.91 Å². The van der Waals surface area contributed by atoms with E-state index >= 15 is 0 Å². The molecular formula is C13H13N3O2. The van der Waals surface area contributed by atoms with Gasteiger partial charge in [0.1, 0.15) is 0 Å². The predicted octanol–water partition coefficient (Wildman–Crippen LogP) is 1.54. The monoisotopic (exact) mass is 243 g/mol. The molecule has 2 aromatic rings. The molecule has 0 aliphatic rings. The molecule has 1 heterocycles. The molecule has 92 valence electrons. The van der Waals surface area contributed by atoms with Crippen molar-refractivity contribution in [2.24, 2.45) is 5.73 Å². The van der Waals surface area contributed by atoms with Crippen LogP contribution in [0.15, 0.2) is 53.2 Å². The van der Waals surface area contributed by atoms with Gasteiger partial charge in [-0.25, -0.2) is 0 Å². The lowest BCUT2D eigenvalue weighted by Crippen LogP contribution is -2.23. The molecule has 0 saturated carbocycles. The Balaban J connectivity index is 2.09. The third kappa shape index (κ3) is 2.76. The van der Waals surface area contributed by atoms with Gasteiger partial charge in [-0.05, 0) is 12.3 Å². The van der Waals surface area contributed by atoms with Crippen LogP contribution in [0.25, 0.3) is 11.3 Å². The van der Waals surface area contributed by atoms with Crippen LogP contribution < -0.4 is 11.1 Å². The molecule has 0 bridgehead atoms.